The first-order valence-corrected chi connectivity index (χ1v) is 5.49. The van der Waals surface area contributed by atoms with E-state index in [1.54, 1.807) is 12.1 Å². The zero-order chi connectivity index (χ0) is 13.4. The van der Waals surface area contributed by atoms with E-state index in [1.807, 2.05) is 0 Å². The number of carbonyl (C=O) groups is 1. The lowest BCUT2D eigenvalue weighted by atomic mass is 10.1. The van der Waals surface area contributed by atoms with Gasteiger partial charge < -0.3 is 24.2 Å². The van der Waals surface area contributed by atoms with Gasteiger partial charge in [-0.3, -0.25) is 0 Å². The van der Waals surface area contributed by atoms with Gasteiger partial charge in [-0.05, 0) is 12.1 Å². The van der Waals surface area contributed by atoms with Crippen LogP contribution in [-0.4, -0.2) is 34.6 Å². The molecule has 3 rings (SSSR count). The molecule has 0 bridgehead atoms. The monoisotopic (exact) mass is 263 g/mol. The van der Waals surface area contributed by atoms with E-state index in [2.05, 4.69) is 9.68 Å². The smallest absolute Gasteiger partial charge is 0.374 e. The molecule has 2 aromatic rings. The lowest BCUT2D eigenvalue weighted by Gasteiger charge is -2.19. The van der Waals surface area contributed by atoms with Crippen LogP contribution in [0.3, 0.4) is 0 Å². The molecule has 2 N–H and O–H groups in total. The number of phenols is 1. The molecular weight excluding hydrogens is 254 g/mol. The Labute approximate surface area is 107 Å². The van der Waals surface area contributed by atoms with Crippen molar-refractivity contribution in [2.45, 2.75) is 0 Å². The van der Waals surface area contributed by atoms with Crippen molar-refractivity contribution in [3.63, 3.8) is 0 Å². The summed E-state index contributed by atoms with van der Waals surface area (Å²) in [6.45, 7) is 0.752. The minimum atomic E-state index is -1.23. The molecular formula is C12H9NO6. The van der Waals surface area contributed by atoms with Gasteiger partial charge in [-0.25, -0.2) is 4.79 Å². The van der Waals surface area contributed by atoms with E-state index >= 15 is 0 Å². The van der Waals surface area contributed by atoms with Crippen molar-refractivity contribution < 1.29 is 29.0 Å². The number of nitrogens with zero attached hydrogens (tertiary/aromatic N) is 1. The highest BCUT2D eigenvalue weighted by Crippen LogP contribution is 2.44. The van der Waals surface area contributed by atoms with Crippen LogP contribution in [0.1, 0.15) is 10.6 Å². The molecule has 0 saturated carbocycles. The minimum Gasteiger partial charge on any atom is -0.504 e. The molecule has 0 fully saturated rings. The molecule has 1 aromatic heterocycles. The van der Waals surface area contributed by atoms with Crippen LogP contribution >= 0.6 is 0 Å². The number of carboxylic acid groups (broad SMARTS) is 1. The number of aromatic carboxylic acids is 1. The summed E-state index contributed by atoms with van der Waals surface area (Å²) >= 11 is 0. The van der Waals surface area contributed by atoms with Crippen LogP contribution in [0.25, 0.3) is 11.3 Å². The summed E-state index contributed by atoms with van der Waals surface area (Å²) in [7, 11) is 0. The summed E-state index contributed by atoms with van der Waals surface area (Å²) in [6, 6.07) is 4.42. The molecule has 1 aliphatic heterocycles. The second kappa shape index (κ2) is 4.20. The quantitative estimate of drug-likeness (QED) is 0.846. The molecule has 7 heteroatoms. The maximum absolute atomic E-state index is 10.7. The van der Waals surface area contributed by atoms with Gasteiger partial charge in [0.05, 0.1) is 0 Å². The molecule has 0 aliphatic carbocycles. The van der Waals surface area contributed by atoms with Crippen LogP contribution in [0.4, 0.5) is 0 Å². The third kappa shape index (κ3) is 1.85. The topological polar surface area (TPSA) is 102 Å². The van der Waals surface area contributed by atoms with Crippen molar-refractivity contribution in [1.29, 1.82) is 0 Å². The van der Waals surface area contributed by atoms with Gasteiger partial charge in [-0.15, -0.1) is 0 Å². The largest absolute Gasteiger partial charge is 0.504 e. The molecule has 98 valence electrons. The lowest BCUT2D eigenvalue weighted by Crippen LogP contribution is -2.15. The number of aromatic nitrogens is 1. The second-order valence-corrected chi connectivity index (χ2v) is 3.87. The van der Waals surface area contributed by atoms with Crippen molar-refractivity contribution in [2.75, 3.05) is 13.2 Å². The number of carboxylic acids is 1. The average molecular weight is 263 g/mol. The fourth-order valence-corrected chi connectivity index (χ4v) is 1.81. The number of hydrogen-bond acceptors (Lipinski definition) is 6. The Morgan fingerprint density at radius 2 is 2.05 bits per heavy atom. The van der Waals surface area contributed by atoms with Crippen LogP contribution in [0.15, 0.2) is 22.7 Å². The summed E-state index contributed by atoms with van der Waals surface area (Å²) in [5.74, 6) is -1.01. The summed E-state index contributed by atoms with van der Waals surface area (Å²) in [5.41, 5.74) is 0.535. The van der Waals surface area contributed by atoms with E-state index in [9.17, 15) is 9.90 Å². The lowest BCUT2D eigenvalue weighted by molar-refractivity contribution is 0.0652. The second-order valence-electron chi connectivity index (χ2n) is 3.87. The van der Waals surface area contributed by atoms with E-state index in [1.165, 1.54) is 6.07 Å². The zero-order valence-corrected chi connectivity index (χ0v) is 9.62. The first-order valence-electron chi connectivity index (χ1n) is 5.49. The number of rotatable bonds is 2. The maximum atomic E-state index is 10.7. The fraction of sp³-hybridized carbons (Fsp3) is 0.167. The van der Waals surface area contributed by atoms with Gasteiger partial charge in [0.2, 0.25) is 11.5 Å². The van der Waals surface area contributed by atoms with E-state index in [-0.39, 0.29) is 23.0 Å². The van der Waals surface area contributed by atoms with Gasteiger partial charge in [0.25, 0.3) is 0 Å². The van der Waals surface area contributed by atoms with Crippen LogP contribution in [0.2, 0.25) is 0 Å². The molecule has 1 aromatic carbocycles. The predicted octanol–water partition coefficient (Wildman–Crippen LogP) is 1.52. The number of ether oxygens (including phenoxy) is 2. The SMILES string of the molecule is O=C(O)c1cc(-c2ccc3c(c2O)OCCO3)no1. The summed E-state index contributed by atoms with van der Waals surface area (Å²) < 4.78 is 15.3. The maximum Gasteiger partial charge on any atom is 0.374 e. The molecule has 0 unspecified atom stereocenters. The van der Waals surface area contributed by atoms with Gasteiger partial charge in [0.15, 0.2) is 11.5 Å². The van der Waals surface area contributed by atoms with Gasteiger partial charge in [-0.2, -0.15) is 0 Å². The fourth-order valence-electron chi connectivity index (χ4n) is 1.81. The van der Waals surface area contributed by atoms with Gasteiger partial charge in [-0.1, -0.05) is 5.16 Å². The number of hydrogen-bond donors (Lipinski definition) is 2. The highest BCUT2D eigenvalue weighted by atomic mass is 16.6. The Morgan fingerprint density at radius 3 is 2.79 bits per heavy atom. The molecule has 0 atom stereocenters. The molecule has 0 radical (unpaired) electrons. The number of fused-ring (bicyclic) bond motifs is 1. The molecule has 19 heavy (non-hydrogen) atoms. The average Bonchev–Trinajstić information content (AvgIpc) is 2.89. The van der Waals surface area contributed by atoms with Gasteiger partial charge in [0.1, 0.15) is 18.9 Å². The summed E-state index contributed by atoms with van der Waals surface area (Å²) in [4.78, 5) is 10.7. The van der Waals surface area contributed by atoms with E-state index in [0.29, 0.717) is 24.5 Å². The molecule has 0 saturated heterocycles. The van der Waals surface area contributed by atoms with Crippen LogP contribution in [-0.2, 0) is 0 Å². The molecule has 0 spiro atoms. The van der Waals surface area contributed by atoms with Gasteiger partial charge in [0, 0.05) is 11.6 Å². The van der Waals surface area contributed by atoms with E-state index in [0.717, 1.165) is 0 Å². The summed E-state index contributed by atoms with van der Waals surface area (Å²) in [6.07, 6.45) is 0. The Morgan fingerprint density at radius 1 is 1.26 bits per heavy atom. The van der Waals surface area contributed by atoms with Gasteiger partial charge >= 0.3 is 5.97 Å². The van der Waals surface area contributed by atoms with Crippen molar-refractivity contribution >= 4 is 5.97 Å². The van der Waals surface area contributed by atoms with E-state index in [4.69, 9.17) is 14.6 Å². The highest BCUT2D eigenvalue weighted by Gasteiger charge is 2.22. The first-order chi connectivity index (χ1) is 9.16. The Balaban J connectivity index is 2.07. The Kier molecular flexibility index (Phi) is 2.52. The van der Waals surface area contributed by atoms with Crippen molar-refractivity contribution in [3.05, 3.63) is 24.0 Å². The van der Waals surface area contributed by atoms with Crippen LogP contribution < -0.4 is 9.47 Å². The zero-order valence-electron chi connectivity index (χ0n) is 9.62. The Hall–Kier alpha value is -2.70. The molecule has 7 nitrogen and oxygen atoms in total. The van der Waals surface area contributed by atoms with Crippen molar-refractivity contribution in [3.8, 4) is 28.5 Å². The standard InChI is InChI=1S/C12H9NO6/c14-10-6(7-5-9(12(15)16)19-13-7)1-2-8-11(10)18-4-3-17-8/h1-2,5,14H,3-4H2,(H,15,16). The number of aromatic hydroxyl groups is 1. The minimum absolute atomic E-state index is 0.151. The van der Waals surface area contributed by atoms with Crippen molar-refractivity contribution in [2.24, 2.45) is 0 Å². The van der Waals surface area contributed by atoms with E-state index < -0.39 is 5.97 Å². The van der Waals surface area contributed by atoms with Crippen molar-refractivity contribution in [1.82, 2.24) is 5.16 Å². The third-order valence-electron chi connectivity index (χ3n) is 2.68. The molecule has 2 heterocycles. The Bertz CT molecular complexity index is 648. The predicted molar refractivity (Wildman–Crippen MR) is 61.6 cm³/mol. The first kappa shape index (κ1) is 11.4. The third-order valence-corrected chi connectivity index (χ3v) is 2.68. The number of phenolic OH excluding ortho intramolecular Hbond substituents is 1. The molecule has 0 amide bonds. The normalized spacial score (nSPS) is 13.3. The van der Waals surface area contributed by atoms with Crippen LogP contribution in [0.5, 0.6) is 17.2 Å². The number of benzene rings is 1. The molecule has 1 aliphatic rings. The highest BCUT2D eigenvalue weighted by molar-refractivity contribution is 5.86. The summed E-state index contributed by atoms with van der Waals surface area (Å²) in [5, 5.41) is 22.5. The van der Waals surface area contributed by atoms with Crippen LogP contribution in [0, 0.1) is 0 Å².